The van der Waals surface area contributed by atoms with Gasteiger partial charge in [-0.2, -0.15) is 0 Å². The smallest absolute Gasteiger partial charge is 0.330 e. The SMILES string of the molecule is C=CC(=O)OCCCCCCC(=O)OC. The van der Waals surface area contributed by atoms with Gasteiger partial charge in [0.15, 0.2) is 0 Å². The van der Waals surface area contributed by atoms with Crippen LogP contribution in [0.4, 0.5) is 0 Å². The Hall–Kier alpha value is -1.32. The van der Waals surface area contributed by atoms with E-state index < -0.39 is 0 Å². The van der Waals surface area contributed by atoms with Gasteiger partial charge in [0.25, 0.3) is 0 Å². The molecule has 0 aliphatic rings. The van der Waals surface area contributed by atoms with E-state index >= 15 is 0 Å². The molecule has 0 bridgehead atoms. The van der Waals surface area contributed by atoms with Crippen molar-refractivity contribution in [2.24, 2.45) is 0 Å². The fraction of sp³-hybridized carbons (Fsp3) is 0.636. The van der Waals surface area contributed by atoms with Crippen LogP contribution in [0.15, 0.2) is 12.7 Å². The molecule has 0 aliphatic carbocycles. The van der Waals surface area contributed by atoms with Crippen molar-refractivity contribution >= 4 is 11.9 Å². The van der Waals surface area contributed by atoms with Crippen molar-refractivity contribution in [3.63, 3.8) is 0 Å². The van der Waals surface area contributed by atoms with Gasteiger partial charge in [0.05, 0.1) is 13.7 Å². The Kier molecular flexibility index (Phi) is 8.43. The predicted octanol–water partition coefficient (Wildman–Crippen LogP) is 1.84. The number of carbonyl (C=O) groups is 2. The molecule has 0 atom stereocenters. The maximum absolute atomic E-state index is 10.7. The van der Waals surface area contributed by atoms with Gasteiger partial charge in [-0.25, -0.2) is 4.79 Å². The maximum Gasteiger partial charge on any atom is 0.330 e. The van der Waals surface area contributed by atoms with Gasteiger partial charge in [-0.1, -0.05) is 19.4 Å². The molecule has 0 N–H and O–H groups in total. The summed E-state index contributed by atoms with van der Waals surface area (Å²) in [5.41, 5.74) is 0. The van der Waals surface area contributed by atoms with E-state index in [9.17, 15) is 9.59 Å². The molecule has 0 aromatic rings. The molecule has 0 fully saturated rings. The monoisotopic (exact) mass is 214 g/mol. The Balaban J connectivity index is 3.15. The molecular weight excluding hydrogens is 196 g/mol. The van der Waals surface area contributed by atoms with E-state index in [4.69, 9.17) is 4.74 Å². The predicted molar refractivity (Wildman–Crippen MR) is 56.3 cm³/mol. The molecule has 15 heavy (non-hydrogen) atoms. The van der Waals surface area contributed by atoms with Crippen molar-refractivity contribution in [3.8, 4) is 0 Å². The molecule has 4 heteroatoms. The lowest BCUT2D eigenvalue weighted by atomic mass is 10.1. The van der Waals surface area contributed by atoms with Crippen LogP contribution in [0.25, 0.3) is 0 Å². The molecule has 0 unspecified atom stereocenters. The van der Waals surface area contributed by atoms with Crippen LogP contribution < -0.4 is 0 Å². The highest BCUT2D eigenvalue weighted by Gasteiger charge is 1.99. The number of hydrogen-bond donors (Lipinski definition) is 0. The summed E-state index contributed by atoms with van der Waals surface area (Å²) in [4.78, 5) is 21.4. The number of ether oxygens (including phenoxy) is 2. The average molecular weight is 214 g/mol. The van der Waals surface area contributed by atoms with Crippen molar-refractivity contribution < 1.29 is 19.1 Å². The molecule has 0 aromatic carbocycles. The molecule has 0 spiro atoms. The Bertz CT molecular complexity index is 211. The lowest BCUT2D eigenvalue weighted by Gasteiger charge is -2.02. The highest BCUT2D eigenvalue weighted by molar-refractivity contribution is 5.81. The van der Waals surface area contributed by atoms with Crippen molar-refractivity contribution in [2.45, 2.75) is 32.1 Å². The fourth-order valence-corrected chi connectivity index (χ4v) is 1.06. The topological polar surface area (TPSA) is 52.6 Å². The molecule has 0 saturated carbocycles. The number of esters is 2. The van der Waals surface area contributed by atoms with Crippen LogP contribution >= 0.6 is 0 Å². The molecule has 0 rings (SSSR count). The first kappa shape index (κ1) is 13.7. The first-order chi connectivity index (χ1) is 7.20. The number of methoxy groups -OCH3 is 1. The number of rotatable bonds is 8. The quantitative estimate of drug-likeness (QED) is 0.351. The zero-order valence-corrected chi connectivity index (χ0v) is 9.16. The second-order valence-corrected chi connectivity index (χ2v) is 3.11. The van der Waals surface area contributed by atoms with E-state index in [-0.39, 0.29) is 11.9 Å². The lowest BCUT2D eigenvalue weighted by molar-refractivity contribution is -0.140. The highest BCUT2D eigenvalue weighted by Crippen LogP contribution is 2.04. The van der Waals surface area contributed by atoms with Crippen LogP contribution in [0.2, 0.25) is 0 Å². The Morgan fingerprint density at radius 3 is 2.47 bits per heavy atom. The Labute approximate surface area is 90.2 Å². The second kappa shape index (κ2) is 9.24. The van der Waals surface area contributed by atoms with Gasteiger partial charge < -0.3 is 9.47 Å². The first-order valence-electron chi connectivity index (χ1n) is 5.06. The molecule has 0 aromatic heterocycles. The number of unbranched alkanes of at least 4 members (excludes halogenated alkanes) is 3. The Morgan fingerprint density at radius 1 is 1.20 bits per heavy atom. The zero-order chi connectivity index (χ0) is 11.5. The van der Waals surface area contributed by atoms with Gasteiger partial charge in [-0.05, 0) is 12.8 Å². The molecule has 0 radical (unpaired) electrons. The summed E-state index contributed by atoms with van der Waals surface area (Å²) in [6, 6.07) is 0. The lowest BCUT2D eigenvalue weighted by Crippen LogP contribution is -2.02. The highest BCUT2D eigenvalue weighted by atomic mass is 16.5. The van der Waals surface area contributed by atoms with Crippen LogP contribution in [0.1, 0.15) is 32.1 Å². The van der Waals surface area contributed by atoms with Gasteiger partial charge in [0, 0.05) is 12.5 Å². The summed E-state index contributed by atoms with van der Waals surface area (Å²) in [5.74, 6) is -0.558. The standard InChI is InChI=1S/C11H18O4/c1-3-10(12)15-9-7-5-4-6-8-11(13)14-2/h3H,1,4-9H2,2H3. The van der Waals surface area contributed by atoms with Gasteiger partial charge in [0.2, 0.25) is 0 Å². The van der Waals surface area contributed by atoms with Crippen molar-refractivity contribution in [1.82, 2.24) is 0 Å². The summed E-state index contributed by atoms with van der Waals surface area (Å²) in [6.45, 7) is 3.71. The van der Waals surface area contributed by atoms with Gasteiger partial charge >= 0.3 is 11.9 Å². The Morgan fingerprint density at radius 2 is 1.87 bits per heavy atom. The third kappa shape index (κ3) is 9.00. The van der Waals surface area contributed by atoms with Crippen molar-refractivity contribution in [1.29, 1.82) is 0 Å². The average Bonchev–Trinajstić information content (AvgIpc) is 2.26. The van der Waals surface area contributed by atoms with E-state index in [2.05, 4.69) is 11.3 Å². The van der Waals surface area contributed by atoms with Crippen LogP contribution in [-0.4, -0.2) is 25.7 Å². The number of hydrogen-bond acceptors (Lipinski definition) is 4. The van der Waals surface area contributed by atoms with E-state index in [1.54, 1.807) is 0 Å². The van der Waals surface area contributed by atoms with Gasteiger partial charge in [0.1, 0.15) is 0 Å². The molecule has 4 nitrogen and oxygen atoms in total. The largest absolute Gasteiger partial charge is 0.469 e. The first-order valence-corrected chi connectivity index (χ1v) is 5.06. The number of carbonyl (C=O) groups excluding carboxylic acids is 2. The molecule has 0 amide bonds. The normalized spacial score (nSPS) is 9.40. The summed E-state index contributed by atoms with van der Waals surface area (Å²) in [7, 11) is 1.39. The third-order valence-electron chi connectivity index (χ3n) is 1.91. The minimum Gasteiger partial charge on any atom is -0.469 e. The molecule has 0 saturated heterocycles. The maximum atomic E-state index is 10.7. The van der Waals surface area contributed by atoms with Crippen LogP contribution in [0.5, 0.6) is 0 Å². The van der Waals surface area contributed by atoms with E-state index in [0.717, 1.165) is 31.8 Å². The van der Waals surface area contributed by atoms with E-state index in [0.29, 0.717) is 13.0 Å². The fourth-order valence-electron chi connectivity index (χ4n) is 1.06. The van der Waals surface area contributed by atoms with E-state index in [1.807, 2.05) is 0 Å². The molecular formula is C11H18O4. The van der Waals surface area contributed by atoms with Crippen molar-refractivity contribution in [2.75, 3.05) is 13.7 Å². The minimum atomic E-state index is -0.385. The van der Waals surface area contributed by atoms with Gasteiger partial charge in [-0.3, -0.25) is 4.79 Å². The van der Waals surface area contributed by atoms with E-state index in [1.165, 1.54) is 7.11 Å². The summed E-state index contributed by atoms with van der Waals surface area (Å²) in [5, 5.41) is 0. The summed E-state index contributed by atoms with van der Waals surface area (Å²) in [6.07, 6.45) is 5.14. The summed E-state index contributed by atoms with van der Waals surface area (Å²) < 4.78 is 9.30. The van der Waals surface area contributed by atoms with Crippen LogP contribution in [-0.2, 0) is 19.1 Å². The third-order valence-corrected chi connectivity index (χ3v) is 1.91. The molecule has 86 valence electrons. The second-order valence-electron chi connectivity index (χ2n) is 3.11. The zero-order valence-electron chi connectivity index (χ0n) is 9.16. The van der Waals surface area contributed by atoms with Gasteiger partial charge in [-0.15, -0.1) is 0 Å². The van der Waals surface area contributed by atoms with Crippen LogP contribution in [0.3, 0.4) is 0 Å². The summed E-state index contributed by atoms with van der Waals surface area (Å²) >= 11 is 0. The van der Waals surface area contributed by atoms with Crippen molar-refractivity contribution in [3.05, 3.63) is 12.7 Å². The minimum absolute atomic E-state index is 0.173. The molecule has 0 aliphatic heterocycles. The van der Waals surface area contributed by atoms with Crippen LogP contribution in [0, 0.1) is 0 Å². The molecule has 0 heterocycles.